The van der Waals surface area contributed by atoms with Crippen molar-refractivity contribution in [3.05, 3.63) is 35.6 Å². The van der Waals surface area contributed by atoms with Gasteiger partial charge in [-0.1, -0.05) is 12.5 Å². The molecule has 2 amide bonds. The Bertz CT molecular complexity index is 516. The number of carbonyl (C=O) groups is 2. The highest BCUT2D eigenvalue weighted by Gasteiger charge is 2.19. The highest BCUT2D eigenvalue weighted by atomic mass is 19.1. The quantitative estimate of drug-likeness (QED) is 0.692. The third-order valence-electron chi connectivity index (χ3n) is 3.65. The molecule has 6 heteroatoms. The maximum atomic E-state index is 13.0. The van der Waals surface area contributed by atoms with Gasteiger partial charge >= 0.3 is 0 Å². The minimum atomic E-state index is -0.431. The summed E-state index contributed by atoms with van der Waals surface area (Å²) in [5.41, 5.74) is 0.301. The second-order valence-corrected chi connectivity index (χ2v) is 5.41. The lowest BCUT2D eigenvalue weighted by Crippen LogP contribution is -2.47. The Balaban J connectivity index is 1.60. The molecule has 1 aromatic rings. The molecular weight excluding hydrogens is 285 g/mol. The number of nitrogens with one attached hydrogen (secondary N) is 3. The first kappa shape index (κ1) is 16.4. The number of amides is 2. The first-order valence-electron chi connectivity index (χ1n) is 7.71. The fraction of sp³-hybridized carbons (Fsp3) is 0.500. The summed E-state index contributed by atoms with van der Waals surface area (Å²) in [4.78, 5) is 23.6. The zero-order chi connectivity index (χ0) is 15.8. The van der Waals surface area contributed by atoms with Crippen LogP contribution in [-0.4, -0.2) is 37.5 Å². The highest BCUT2D eigenvalue weighted by molar-refractivity contribution is 5.94. The Labute approximate surface area is 129 Å². The van der Waals surface area contributed by atoms with Crippen LogP contribution in [0.15, 0.2) is 24.3 Å². The minimum Gasteiger partial charge on any atom is -0.355 e. The molecule has 5 nitrogen and oxygen atoms in total. The van der Waals surface area contributed by atoms with Crippen molar-refractivity contribution in [2.75, 3.05) is 19.6 Å². The van der Waals surface area contributed by atoms with Crippen molar-refractivity contribution in [1.29, 1.82) is 0 Å². The van der Waals surface area contributed by atoms with Gasteiger partial charge < -0.3 is 16.0 Å². The maximum Gasteiger partial charge on any atom is 0.251 e. The molecule has 3 N–H and O–H groups in total. The number of halogens is 1. The number of hydrogen-bond acceptors (Lipinski definition) is 3. The van der Waals surface area contributed by atoms with Gasteiger partial charge in [0, 0.05) is 18.7 Å². The van der Waals surface area contributed by atoms with E-state index in [0.717, 1.165) is 25.8 Å². The molecule has 0 aliphatic carbocycles. The van der Waals surface area contributed by atoms with E-state index in [1.54, 1.807) is 6.07 Å². The summed E-state index contributed by atoms with van der Waals surface area (Å²) >= 11 is 0. The first-order valence-corrected chi connectivity index (χ1v) is 7.71. The lowest BCUT2D eigenvalue weighted by Gasteiger charge is -2.22. The van der Waals surface area contributed by atoms with Gasteiger partial charge in [-0.15, -0.1) is 0 Å². The van der Waals surface area contributed by atoms with E-state index in [4.69, 9.17) is 0 Å². The minimum absolute atomic E-state index is 0.0242. The molecule has 120 valence electrons. The van der Waals surface area contributed by atoms with E-state index in [1.807, 2.05) is 0 Å². The van der Waals surface area contributed by atoms with Gasteiger partial charge in [0.2, 0.25) is 5.91 Å². The molecule has 1 aliphatic rings. The van der Waals surface area contributed by atoms with Crippen LogP contribution in [0, 0.1) is 5.82 Å². The number of piperidine rings is 1. The molecule has 1 atom stereocenters. The van der Waals surface area contributed by atoms with E-state index >= 15 is 0 Å². The van der Waals surface area contributed by atoms with Crippen molar-refractivity contribution < 1.29 is 14.0 Å². The molecule has 1 aliphatic heterocycles. The molecule has 1 saturated heterocycles. The van der Waals surface area contributed by atoms with Crippen molar-refractivity contribution in [3.8, 4) is 0 Å². The summed E-state index contributed by atoms with van der Waals surface area (Å²) in [6.07, 6.45) is 3.71. The number of rotatable bonds is 6. The van der Waals surface area contributed by atoms with Crippen LogP contribution in [0.5, 0.6) is 0 Å². The Morgan fingerprint density at radius 1 is 1.23 bits per heavy atom. The van der Waals surface area contributed by atoms with Crippen molar-refractivity contribution in [2.45, 2.75) is 31.7 Å². The molecule has 0 bridgehead atoms. The molecule has 2 rings (SSSR count). The molecule has 1 fully saturated rings. The highest BCUT2D eigenvalue weighted by Crippen LogP contribution is 2.06. The number of carbonyl (C=O) groups excluding carboxylic acids is 2. The van der Waals surface area contributed by atoms with Crippen LogP contribution in [0.2, 0.25) is 0 Å². The first-order chi connectivity index (χ1) is 10.7. The normalized spacial score (nSPS) is 17.8. The van der Waals surface area contributed by atoms with Gasteiger partial charge in [0.15, 0.2) is 0 Å². The van der Waals surface area contributed by atoms with E-state index in [2.05, 4.69) is 16.0 Å². The lowest BCUT2D eigenvalue weighted by molar-refractivity contribution is -0.123. The van der Waals surface area contributed by atoms with Crippen LogP contribution in [0.3, 0.4) is 0 Å². The van der Waals surface area contributed by atoms with Gasteiger partial charge in [-0.3, -0.25) is 9.59 Å². The Morgan fingerprint density at radius 3 is 2.77 bits per heavy atom. The second-order valence-electron chi connectivity index (χ2n) is 5.41. The molecule has 22 heavy (non-hydrogen) atoms. The largest absolute Gasteiger partial charge is 0.355 e. The Kier molecular flexibility index (Phi) is 6.33. The topological polar surface area (TPSA) is 70.2 Å². The Morgan fingerprint density at radius 2 is 2.05 bits per heavy atom. The fourth-order valence-electron chi connectivity index (χ4n) is 2.43. The summed E-state index contributed by atoms with van der Waals surface area (Å²) in [5, 5.41) is 8.76. The van der Waals surface area contributed by atoms with Gasteiger partial charge in [-0.05, 0) is 44.0 Å². The van der Waals surface area contributed by atoms with Crippen molar-refractivity contribution in [3.63, 3.8) is 0 Å². The van der Waals surface area contributed by atoms with Crippen molar-refractivity contribution in [2.24, 2.45) is 0 Å². The van der Waals surface area contributed by atoms with Gasteiger partial charge in [-0.25, -0.2) is 4.39 Å². The zero-order valence-corrected chi connectivity index (χ0v) is 12.5. The monoisotopic (exact) mass is 307 g/mol. The molecule has 0 spiro atoms. The van der Waals surface area contributed by atoms with E-state index < -0.39 is 5.82 Å². The van der Waals surface area contributed by atoms with Crippen LogP contribution < -0.4 is 16.0 Å². The summed E-state index contributed by atoms with van der Waals surface area (Å²) in [6.45, 7) is 1.84. The number of benzene rings is 1. The Hall–Kier alpha value is -1.95. The van der Waals surface area contributed by atoms with E-state index in [0.29, 0.717) is 25.1 Å². The molecule has 0 saturated carbocycles. The summed E-state index contributed by atoms with van der Waals surface area (Å²) in [5.74, 6) is -0.712. The van der Waals surface area contributed by atoms with Crippen LogP contribution >= 0.6 is 0 Å². The molecule has 0 aromatic heterocycles. The molecule has 1 unspecified atom stereocenters. The molecule has 0 radical (unpaired) electrons. The molecule has 1 heterocycles. The van der Waals surface area contributed by atoms with Crippen molar-refractivity contribution in [1.82, 2.24) is 16.0 Å². The smallest absolute Gasteiger partial charge is 0.251 e. The van der Waals surface area contributed by atoms with Crippen molar-refractivity contribution >= 4 is 11.8 Å². The number of hydrogen-bond donors (Lipinski definition) is 3. The standard InChI is InChI=1S/C16H22FN3O2/c17-13-6-3-5-12(11-13)15(21)19-9-4-10-20-16(22)14-7-1-2-8-18-14/h3,5-6,11,14,18H,1-2,4,7-10H2,(H,19,21)(H,20,22). The predicted molar refractivity (Wildman–Crippen MR) is 82.0 cm³/mol. The zero-order valence-electron chi connectivity index (χ0n) is 12.5. The van der Waals surface area contributed by atoms with E-state index in [9.17, 15) is 14.0 Å². The third kappa shape index (κ3) is 5.11. The van der Waals surface area contributed by atoms with Crippen LogP contribution in [0.1, 0.15) is 36.0 Å². The van der Waals surface area contributed by atoms with E-state index in [-0.39, 0.29) is 17.9 Å². The van der Waals surface area contributed by atoms with Crippen LogP contribution in [-0.2, 0) is 4.79 Å². The van der Waals surface area contributed by atoms with Gasteiger partial charge in [0.05, 0.1) is 6.04 Å². The van der Waals surface area contributed by atoms with E-state index in [1.165, 1.54) is 18.2 Å². The van der Waals surface area contributed by atoms with Gasteiger partial charge in [0.25, 0.3) is 5.91 Å². The summed E-state index contributed by atoms with van der Waals surface area (Å²) in [7, 11) is 0. The maximum absolute atomic E-state index is 13.0. The van der Waals surface area contributed by atoms with Gasteiger partial charge in [0.1, 0.15) is 5.82 Å². The van der Waals surface area contributed by atoms with Crippen LogP contribution in [0.25, 0.3) is 0 Å². The average Bonchev–Trinajstić information content (AvgIpc) is 2.55. The van der Waals surface area contributed by atoms with Crippen LogP contribution in [0.4, 0.5) is 4.39 Å². The molecule has 1 aromatic carbocycles. The summed E-state index contributed by atoms with van der Waals surface area (Å²) < 4.78 is 13.0. The predicted octanol–water partition coefficient (Wildman–Crippen LogP) is 1.20. The second kappa shape index (κ2) is 8.48. The summed E-state index contributed by atoms with van der Waals surface area (Å²) in [6, 6.07) is 5.48. The third-order valence-corrected chi connectivity index (χ3v) is 3.65. The average molecular weight is 307 g/mol. The fourth-order valence-corrected chi connectivity index (χ4v) is 2.43. The SMILES string of the molecule is O=C(NCCCNC(=O)C1CCCCN1)c1cccc(F)c1. The molecular formula is C16H22FN3O2. The lowest BCUT2D eigenvalue weighted by atomic mass is 10.0. The van der Waals surface area contributed by atoms with Gasteiger partial charge in [-0.2, -0.15) is 0 Å².